The fraction of sp³-hybridized carbons (Fsp3) is 0.462. The molecule has 3 aliphatic rings. The van der Waals surface area contributed by atoms with Gasteiger partial charge in [-0.1, -0.05) is 18.2 Å². The molecule has 9 nitrogen and oxygen atoms in total. The maximum absolute atomic E-state index is 6.36. The molecule has 51 heavy (non-hydrogen) atoms. The number of pyridine rings is 3. The number of hydrogen-bond acceptors (Lipinski definition) is 9. The maximum atomic E-state index is 6.36. The van der Waals surface area contributed by atoms with Crippen LogP contribution >= 0.6 is 0 Å². The lowest BCUT2D eigenvalue weighted by Gasteiger charge is -2.32. The Morgan fingerprint density at radius 3 is 0.784 bits per heavy atom. The summed E-state index contributed by atoms with van der Waals surface area (Å²) in [6, 6.07) is 24.1. The van der Waals surface area contributed by atoms with E-state index < -0.39 is 55.0 Å². The second kappa shape index (κ2) is 12.1. The fourth-order valence-electron chi connectivity index (χ4n) is 6.19. The molecule has 7 rings (SSSR count). The summed E-state index contributed by atoms with van der Waals surface area (Å²) in [5.41, 5.74) is 4.24. The fourth-order valence-corrected chi connectivity index (χ4v) is 6.19. The van der Waals surface area contributed by atoms with Crippen LogP contribution in [0.5, 0.6) is 0 Å². The number of aromatic nitrogens is 3. The lowest BCUT2D eigenvalue weighted by molar-refractivity contribution is 0.00578. The Morgan fingerprint density at radius 2 is 0.569 bits per heavy atom. The summed E-state index contributed by atoms with van der Waals surface area (Å²) in [5.74, 6) is 0. The van der Waals surface area contributed by atoms with Crippen molar-refractivity contribution < 1.29 is 27.9 Å². The molecule has 0 spiro atoms. The van der Waals surface area contributed by atoms with Gasteiger partial charge in [0.15, 0.2) is 0 Å². The van der Waals surface area contributed by atoms with E-state index in [9.17, 15) is 0 Å². The van der Waals surface area contributed by atoms with Crippen LogP contribution in [-0.2, 0) is 27.9 Å². The van der Waals surface area contributed by atoms with Gasteiger partial charge in [-0.15, -0.1) is 0 Å². The van der Waals surface area contributed by atoms with Gasteiger partial charge in [-0.2, -0.15) is 0 Å². The van der Waals surface area contributed by atoms with Crippen molar-refractivity contribution in [3.63, 3.8) is 0 Å². The molecule has 0 atom stereocenters. The first-order valence-electron chi connectivity index (χ1n) is 17.8. The SMILES string of the molecule is CC1(C)OB(c2cccc(-c3cc(-c4cccc(B5OC(C)(C)C(C)(C)O5)n4)cc(-c4cccc(B5OC(C)(C)C(C)(C)O5)n4)c3)n2)OC1(C)C. The van der Waals surface area contributed by atoms with Crippen molar-refractivity contribution in [2.75, 3.05) is 0 Å². The summed E-state index contributed by atoms with van der Waals surface area (Å²) in [4.78, 5) is 15.2. The number of rotatable bonds is 6. The third kappa shape index (κ3) is 6.49. The maximum Gasteiger partial charge on any atom is 0.514 e. The average molecular weight is 687 g/mol. The normalized spacial score (nSPS) is 22.5. The van der Waals surface area contributed by atoms with Crippen molar-refractivity contribution in [2.45, 2.75) is 117 Å². The van der Waals surface area contributed by atoms with Gasteiger partial charge in [-0.3, -0.25) is 15.0 Å². The van der Waals surface area contributed by atoms with E-state index in [1.165, 1.54) is 0 Å². The molecule has 0 saturated carbocycles. The predicted octanol–water partition coefficient (Wildman–Crippen LogP) is 5.77. The molecule has 1 aromatic carbocycles. The van der Waals surface area contributed by atoms with Gasteiger partial charge in [0, 0.05) is 16.7 Å². The Morgan fingerprint density at radius 1 is 0.353 bits per heavy atom. The molecule has 0 aliphatic carbocycles. The Bertz CT molecular complexity index is 1700. The zero-order valence-corrected chi connectivity index (χ0v) is 32.0. The number of benzene rings is 1. The minimum Gasteiger partial charge on any atom is -0.398 e. The van der Waals surface area contributed by atoms with Gasteiger partial charge in [0.25, 0.3) is 0 Å². The minimum absolute atomic E-state index is 0.482. The zero-order chi connectivity index (χ0) is 36.8. The molecular formula is C39H48B3N3O6. The van der Waals surface area contributed by atoms with Crippen molar-refractivity contribution in [3.05, 3.63) is 72.8 Å². The molecule has 3 saturated heterocycles. The van der Waals surface area contributed by atoms with Crippen LogP contribution in [0.15, 0.2) is 72.8 Å². The van der Waals surface area contributed by atoms with Gasteiger partial charge < -0.3 is 27.9 Å². The number of hydrogen-bond donors (Lipinski definition) is 0. The van der Waals surface area contributed by atoms with E-state index in [1.807, 2.05) is 138 Å². The van der Waals surface area contributed by atoms with Crippen LogP contribution in [0.1, 0.15) is 83.1 Å². The largest absolute Gasteiger partial charge is 0.514 e. The van der Waals surface area contributed by atoms with E-state index in [1.54, 1.807) is 0 Å². The van der Waals surface area contributed by atoms with Gasteiger partial charge >= 0.3 is 21.4 Å². The molecule has 3 aromatic heterocycles. The molecule has 0 unspecified atom stereocenters. The Kier molecular flexibility index (Phi) is 8.53. The van der Waals surface area contributed by atoms with Crippen LogP contribution in [0.4, 0.5) is 0 Å². The highest BCUT2D eigenvalue weighted by Crippen LogP contribution is 2.39. The van der Waals surface area contributed by atoms with Crippen LogP contribution in [-0.4, -0.2) is 69.9 Å². The molecule has 0 radical (unpaired) electrons. The van der Waals surface area contributed by atoms with E-state index in [-0.39, 0.29) is 0 Å². The average Bonchev–Trinajstić information content (AvgIpc) is 3.54. The Labute approximate surface area is 303 Å². The van der Waals surface area contributed by atoms with Crippen LogP contribution in [0, 0.1) is 0 Å². The van der Waals surface area contributed by atoms with Crippen molar-refractivity contribution in [1.82, 2.24) is 15.0 Å². The van der Waals surface area contributed by atoms with Gasteiger partial charge in [-0.05, 0) is 138 Å². The summed E-state index contributed by atoms with van der Waals surface area (Å²) in [7, 11) is -1.77. The van der Waals surface area contributed by atoms with Crippen LogP contribution < -0.4 is 16.8 Å². The van der Waals surface area contributed by atoms with E-state index in [0.29, 0.717) is 16.8 Å². The molecule has 0 amide bonds. The standard InChI is InChI=1S/C39H48B3N3O6/c1-34(2)35(3,4)47-40(46-34)31-19-13-16-28(43-31)25-22-26(29-17-14-20-32(44-29)41-48-36(5,6)37(7,8)49-41)24-27(23-25)30-18-15-21-33(45-30)42-50-38(9,10)39(11,12)51-42/h13-24H,1-12H3. The van der Waals surface area contributed by atoms with Crippen molar-refractivity contribution >= 4 is 38.1 Å². The highest BCUT2D eigenvalue weighted by molar-refractivity contribution is 6.62. The lowest BCUT2D eigenvalue weighted by atomic mass is 9.83. The van der Waals surface area contributed by atoms with Crippen molar-refractivity contribution in [2.24, 2.45) is 0 Å². The van der Waals surface area contributed by atoms with Crippen molar-refractivity contribution in [3.8, 4) is 33.8 Å². The molecule has 6 heterocycles. The first-order chi connectivity index (χ1) is 23.7. The van der Waals surface area contributed by atoms with E-state index >= 15 is 0 Å². The van der Waals surface area contributed by atoms with Crippen LogP contribution in [0.25, 0.3) is 33.8 Å². The first kappa shape index (κ1) is 36.0. The molecule has 3 aliphatic heterocycles. The smallest absolute Gasteiger partial charge is 0.398 e. The van der Waals surface area contributed by atoms with Crippen molar-refractivity contribution in [1.29, 1.82) is 0 Å². The Hall–Kier alpha value is -3.38. The quantitative estimate of drug-likeness (QED) is 0.235. The molecule has 12 heteroatoms. The van der Waals surface area contributed by atoms with Crippen LogP contribution in [0.3, 0.4) is 0 Å². The molecule has 3 fully saturated rings. The summed E-state index contributed by atoms with van der Waals surface area (Å²) >= 11 is 0. The monoisotopic (exact) mass is 687 g/mol. The highest BCUT2D eigenvalue weighted by Gasteiger charge is 2.54. The zero-order valence-electron chi connectivity index (χ0n) is 32.0. The third-order valence-electron chi connectivity index (χ3n) is 11.6. The van der Waals surface area contributed by atoms with Crippen LogP contribution in [0.2, 0.25) is 0 Å². The van der Waals surface area contributed by atoms with Gasteiger partial charge in [0.2, 0.25) is 0 Å². The first-order valence-corrected chi connectivity index (χ1v) is 17.8. The second-order valence-corrected chi connectivity index (χ2v) is 16.9. The third-order valence-corrected chi connectivity index (χ3v) is 11.6. The molecular weight excluding hydrogens is 639 g/mol. The second-order valence-electron chi connectivity index (χ2n) is 16.9. The minimum atomic E-state index is -0.589. The Balaban J connectivity index is 1.31. The van der Waals surface area contributed by atoms with Gasteiger partial charge in [0.1, 0.15) is 0 Å². The molecule has 0 bridgehead atoms. The molecule has 264 valence electrons. The van der Waals surface area contributed by atoms with E-state index in [4.69, 9.17) is 42.9 Å². The summed E-state index contributed by atoms with van der Waals surface area (Å²) in [5, 5.41) is 0. The summed E-state index contributed by atoms with van der Waals surface area (Å²) < 4.78 is 38.1. The van der Waals surface area contributed by atoms with Gasteiger partial charge in [-0.25, -0.2) is 0 Å². The van der Waals surface area contributed by atoms with E-state index in [0.717, 1.165) is 33.8 Å². The number of nitrogens with zero attached hydrogens (tertiary/aromatic N) is 3. The van der Waals surface area contributed by atoms with Gasteiger partial charge in [0.05, 0.1) is 67.5 Å². The highest BCUT2D eigenvalue weighted by atomic mass is 16.7. The summed E-state index contributed by atoms with van der Waals surface area (Å²) in [6.07, 6.45) is 0. The summed E-state index contributed by atoms with van der Waals surface area (Å²) in [6.45, 7) is 24.5. The topological polar surface area (TPSA) is 94.1 Å². The lowest BCUT2D eigenvalue weighted by Crippen LogP contribution is -2.41. The predicted molar refractivity (Wildman–Crippen MR) is 203 cm³/mol. The molecule has 0 N–H and O–H groups in total. The van der Waals surface area contributed by atoms with E-state index in [2.05, 4.69) is 18.2 Å². The molecule has 4 aromatic rings.